The van der Waals surface area contributed by atoms with Crippen LogP contribution in [0.5, 0.6) is 0 Å². The van der Waals surface area contributed by atoms with E-state index < -0.39 is 12.0 Å². The minimum Gasteiger partial charge on any atom is -0.388 e. The van der Waals surface area contributed by atoms with Crippen LogP contribution in [-0.2, 0) is 4.79 Å². The molecule has 1 amide bonds. The maximum absolute atomic E-state index is 13.0. The zero-order valence-corrected chi connectivity index (χ0v) is 11.6. The van der Waals surface area contributed by atoms with E-state index in [4.69, 9.17) is 5.73 Å². The number of aliphatic hydroxyl groups is 1. The van der Waals surface area contributed by atoms with Gasteiger partial charge in [0.1, 0.15) is 5.82 Å². The molecule has 2 aromatic carbocycles. The van der Waals surface area contributed by atoms with Crippen LogP contribution in [0.15, 0.2) is 42.5 Å². The van der Waals surface area contributed by atoms with Gasteiger partial charge in [0.25, 0.3) is 0 Å². The molecule has 0 saturated carbocycles. The first kappa shape index (κ1) is 14.2. The van der Waals surface area contributed by atoms with Crippen molar-refractivity contribution < 1.29 is 14.3 Å². The summed E-state index contributed by atoms with van der Waals surface area (Å²) < 4.78 is 13.0. The first-order valence-corrected chi connectivity index (χ1v) is 6.75. The van der Waals surface area contributed by atoms with Gasteiger partial charge >= 0.3 is 0 Å². The Balaban J connectivity index is 2.05. The van der Waals surface area contributed by atoms with Crippen molar-refractivity contribution in [3.8, 4) is 11.3 Å². The Morgan fingerprint density at radius 1 is 1.27 bits per heavy atom. The summed E-state index contributed by atoms with van der Waals surface area (Å²) in [5.74, 6) is -0.889. The lowest BCUT2D eigenvalue weighted by Crippen LogP contribution is -2.14. The zero-order chi connectivity index (χ0) is 15.7. The van der Waals surface area contributed by atoms with Gasteiger partial charge in [0.05, 0.1) is 23.7 Å². The van der Waals surface area contributed by atoms with Crippen molar-refractivity contribution in [1.29, 1.82) is 0 Å². The summed E-state index contributed by atoms with van der Waals surface area (Å²) >= 11 is 0. The number of aromatic amines is 1. The number of H-pyrrole nitrogens is 1. The zero-order valence-electron chi connectivity index (χ0n) is 11.6. The molecule has 3 aromatic rings. The second-order valence-electron chi connectivity index (χ2n) is 5.07. The largest absolute Gasteiger partial charge is 0.388 e. The predicted octanol–water partition coefficient (Wildman–Crippen LogP) is 2.28. The molecule has 0 fully saturated rings. The van der Waals surface area contributed by atoms with E-state index >= 15 is 0 Å². The Hall–Kier alpha value is -2.73. The number of nitrogens with one attached hydrogen (secondary N) is 1. The fourth-order valence-electron chi connectivity index (χ4n) is 2.38. The van der Waals surface area contributed by atoms with Crippen molar-refractivity contribution in [1.82, 2.24) is 10.2 Å². The van der Waals surface area contributed by atoms with E-state index in [0.29, 0.717) is 11.3 Å². The Kier molecular flexibility index (Phi) is 3.60. The maximum atomic E-state index is 13.0. The van der Waals surface area contributed by atoms with Gasteiger partial charge in [-0.2, -0.15) is 5.10 Å². The molecular weight excluding hydrogens is 285 g/mol. The summed E-state index contributed by atoms with van der Waals surface area (Å²) in [6.45, 7) is 0. The lowest BCUT2D eigenvalue weighted by Gasteiger charge is -2.09. The lowest BCUT2D eigenvalue weighted by molar-refractivity contribution is -0.119. The third kappa shape index (κ3) is 2.68. The van der Waals surface area contributed by atoms with E-state index in [1.807, 2.05) is 0 Å². The molecule has 6 heteroatoms. The number of amides is 1. The van der Waals surface area contributed by atoms with Crippen molar-refractivity contribution in [3.05, 3.63) is 53.8 Å². The molecule has 0 aliphatic rings. The molecule has 22 heavy (non-hydrogen) atoms. The van der Waals surface area contributed by atoms with Crippen molar-refractivity contribution >= 4 is 16.8 Å². The van der Waals surface area contributed by atoms with E-state index in [0.717, 1.165) is 16.5 Å². The molecule has 1 aromatic heterocycles. The number of benzene rings is 2. The molecule has 0 spiro atoms. The number of hydrogen-bond acceptors (Lipinski definition) is 3. The number of carbonyl (C=O) groups is 1. The van der Waals surface area contributed by atoms with Gasteiger partial charge in [-0.1, -0.05) is 6.07 Å². The number of aliphatic hydroxyl groups excluding tert-OH is 1. The number of primary amides is 1. The van der Waals surface area contributed by atoms with E-state index in [9.17, 15) is 14.3 Å². The number of nitrogens with zero attached hydrogens (tertiary/aromatic N) is 1. The summed E-state index contributed by atoms with van der Waals surface area (Å²) in [7, 11) is 0. The van der Waals surface area contributed by atoms with Crippen LogP contribution in [0, 0.1) is 5.82 Å². The predicted molar refractivity (Wildman–Crippen MR) is 80.3 cm³/mol. The molecule has 0 bridgehead atoms. The highest BCUT2D eigenvalue weighted by Gasteiger charge is 2.14. The van der Waals surface area contributed by atoms with Crippen LogP contribution in [0.3, 0.4) is 0 Å². The van der Waals surface area contributed by atoms with Crippen LogP contribution in [0.4, 0.5) is 4.39 Å². The standard InChI is InChI=1S/C16H14FN3O2/c17-11-4-1-9(2-5-11)16-12-7-10(14(21)8-15(18)22)3-6-13(12)19-20-16/h1-7,14,21H,8H2,(H2,18,22)(H,19,20). The molecule has 0 saturated heterocycles. The first-order valence-electron chi connectivity index (χ1n) is 6.75. The van der Waals surface area contributed by atoms with Crippen LogP contribution >= 0.6 is 0 Å². The summed E-state index contributed by atoms with van der Waals surface area (Å²) in [4.78, 5) is 10.9. The van der Waals surface area contributed by atoms with Gasteiger partial charge in [-0.05, 0) is 42.0 Å². The molecule has 4 N–H and O–H groups in total. The van der Waals surface area contributed by atoms with Crippen molar-refractivity contribution in [2.75, 3.05) is 0 Å². The summed E-state index contributed by atoms with van der Waals surface area (Å²) in [6.07, 6.45) is -1.10. The van der Waals surface area contributed by atoms with Crippen molar-refractivity contribution in [2.24, 2.45) is 5.73 Å². The normalized spacial score (nSPS) is 12.5. The molecule has 5 nitrogen and oxygen atoms in total. The van der Waals surface area contributed by atoms with Gasteiger partial charge in [-0.3, -0.25) is 9.89 Å². The van der Waals surface area contributed by atoms with E-state index in [2.05, 4.69) is 10.2 Å². The fourth-order valence-corrected chi connectivity index (χ4v) is 2.38. The summed E-state index contributed by atoms with van der Waals surface area (Å²) in [6, 6.07) is 11.2. The third-order valence-corrected chi connectivity index (χ3v) is 3.48. The highest BCUT2D eigenvalue weighted by atomic mass is 19.1. The number of hydrogen-bond donors (Lipinski definition) is 3. The monoisotopic (exact) mass is 299 g/mol. The lowest BCUT2D eigenvalue weighted by atomic mass is 10.0. The minimum atomic E-state index is -0.960. The van der Waals surface area contributed by atoms with Gasteiger partial charge in [0.2, 0.25) is 5.91 Å². The Bertz CT molecular complexity index is 827. The molecule has 1 unspecified atom stereocenters. The summed E-state index contributed by atoms with van der Waals surface area (Å²) in [5, 5.41) is 17.9. The van der Waals surface area contributed by atoms with E-state index in [1.54, 1.807) is 30.3 Å². The van der Waals surface area contributed by atoms with Crippen molar-refractivity contribution in [2.45, 2.75) is 12.5 Å². The van der Waals surface area contributed by atoms with Crippen LogP contribution < -0.4 is 5.73 Å². The summed E-state index contributed by atoms with van der Waals surface area (Å²) in [5.41, 5.74) is 7.89. The number of carbonyl (C=O) groups excluding carboxylic acids is 1. The minimum absolute atomic E-state index is 0.144. The average molecular weight is 299 g/mol. The molecule has 1 heterocycles. The quantitative estimate of drug-likeness (QED) is 0.690. The van der Waals surface area contributed by atoms with Crippen molar-refractivity contribution in [3.63, 3.8) is 0 Å². The van der Waals surface area contributed by atoms with Gasteiger partial charge in [-0.25, -0.2) is 4.39 Å². The topological polar surface area (TPSA) is 92.0 Å². The average Bonchev–Trinajstić information content (AvgIpc) is 2.90. The van der Waals surface area contributed by atoms with Crippen LogP contribution in [-0.4, -0.2) is 21.2 Å². The SMILES string of the molecule is NC(=O)CC(O)c1ccc2[nH]nc(-c3ccc(F)cc3)c2c1. The molecular formula is C16H14FN3O2. The van der Waals surface area contributed by atoms with Crippen LogP contribution in [0.1, 0.15) is 18.1 Å². The number of halogens is 1. The number of nitrogens with two attached hydrogens (primary N) is 1. The van der Waals surface area contributed by atoms with Gasteiger partial charge in [0.15, 0.2) is 0 Å². The van der Waals surface area contributed by atoms with E-state index in [1.165, 1.54) is 12.1 Å². The fraction of sp³-hybridized carbons (Fsp3) is 0.125. The Morgan fingerprint density at radius 3 is 2.68 bits per heavy atom. The molecule has 0 aliphatic carbocycles. The maximum Gasteiger partial charge on any atom is 0.220 e. The third-order valence-electron chi connectivity index (χ3n) is 3.48. The highest BCUT2D eigenvalue weighted by molar-refractivity contribution is 5.93. The smallest absolute Gasteiger partial charge is 0.220 e. The first-order chi connectivity index (χ1) is 10.5. The second kappa shape index (κ2) is 5.57. The van der Waals surface area contributed by atoms with Gasteiger partial charge in [0, 0.05) is 10.9 Å². The Morgan fingerprint density at radius 2 is 2.00 bits per heavy atom. The molecule has 112 valence electrons. The van der Waals surface area contributed by atoms with Gasteiger partial charge in [-0.15, -0.1) is 0 Å². The van der Waals surface area contributed by atoms with Crippen LogP contribution in [0.2, 0.25) is 0 Å². The molecule has 3 rings (SSSR count). The second-order valence-corrected chi connectivity index (χ2v) is 5.07. The molecule has 0 aliphatic heterocycles. The van der Waals surface area contributed by atoms with Gasteiger partial charge < -0.3 is 10.8 Å². The highest BCUT2D eigenvalue weighted by Crippen LogP contribution is 2.29. The van der Waals surface area contributed by atoms with Crippen LogP contribution in [0.25, 0.3) is 22.2 Å². The van der Waals surface area contributed by atoms with E-state index in [-0.39, 0.29) is 12.2 Å². The number of rotatable bonds is 4. The Labute approximate surface area is 125 Å². The number of fused-ring (bicyclic) bond motifs is 1. The number of aromatic nitrogens is 2. The molecule has 0 radical (unpaired) electrons. The molecule has 1 atom stereocenters.